The molecule has 0 aliphatic rings. The number of nitrogen functional groups attached to an aromatic ring is 1. The van der Waals surface area contributed by atoms with E-state index in [4.69, 9.17) is 5.73 Å². The number of nitrogens with zero attached hydrogens (tertiary/aromatic N) is 2. The van der Waals surface area contributed by atoms with E-state index in [1.165, 1.54) is 0 Å². The zero-order valence-corrected chi connectivity index (χ0v) is 11.7. The lowest BCUT2D eigenvalue weighted by atomic mass is 10.1. The van der Waals surface area contributed by atoms with Crippen molar-refractivity contribution in [3.8, 4) is 0 Å². The van der Waals surface area contributed by atoms with Crippen molar-refractivity contribution < 1.29 is 4.79 Å². The van der Waals surface area contributed by atoms with Crippen LogP contribution in [0, 0.1) is 6.92 Å². The van der Waals surface area contributed by atoms with Crippen molar-refractivity contribution in [1.29, 1.82) is 0 Å². The van der Waals surface area contributed by atoms with Gasteiger partial charge in [0.2, 0.25) is 0 Å². The average Bonchev–Trinajstić information content (AvgIpc) is 2.46. The van der Waals surface area contributed by atoms with E-state index in [0.717, 1.165) is 11.3 Å². The van der Waals surface area contributed by atoms with Crippen molar-refractivity contribution in [2.75, 3.05) is 5.73 Å². The number of hydrogen-bond donors (Lipinski definition) is 2. The van der Waals surface area contributed by atoms with Gasteiger partial charge in [-0.15, -0.1) is 0 Å². The number of aryl methyl sites for hydroxylation is 2. The Bertz CT molecular complexity index is 608. The summed E-state index contributed by atoms with van der Waals surface area (Å²) in [5, 5.41) is 10.9. The first kappa shape index (κ1) is 14.0. The third-order valence-corrected chi connectivity index (χ3v) is 3.00. The van der Waals surface area contributed by atoms with E-state index in [2.05, 4.69) is 15.5 Å². The van der Waals surface area contributed by atoms with Gasteiger partial charge in [0.1, 0.15) is 0 Å². The van der Waals surface area contributed by atoms with Gasteiger partial charge in [-0.2, -0.15) is 10.2 Å². The summed E-state index contributed by atoms with van der Waals surface area (Å²) in [6.45, 7) is 4.24. The van der Waals surface area contributed by atoms with Crippen molar-refractivity contribution in [2.45, 2.75) is 26.8 Å². The predicted octanol–water partition coefficient (Wildman–Crippen LogP) is 1.86. The second-order valence-corrected chi connectivity index (χ2v) is 4.62. The van der Waals surface area contributed by atoms with Crippen molar-refractivity contribution >= 4 is 11.6 Å². The van der Waals surface area contributed by atoms with Crippen LogP contribution >= 0.6 is 0 Å². The first-order valence-electron chi connectivity index (χ1n) is 6.56. The Balaban J connectivity index is 2.08. The Labute approximate surface area is 118 Å². The zero-order chi connectivity index (χ0) is 14.5. The Morgan fingerprint density at radius 1 is 1.25 bits per heavy atom. The fourth-order valence-corrected chi connectivity index (χ4v) is 1.88. The highest BCUT2D eigenvalue weighted by Crippen LogP contribution is 2.09. The van der Waals surface area contributed by atoms with Crippen LogP contribution in [0.5, 0.6) is 0 Å². The molecule has 5 nitrogen and oxygen atoms in total. The number of hydrogen-bond acceptors (Lipinski definition) is 4. The van der Waals surface area contributed by atoms with Gasteiger partial charge in [-0.1, -0.05) is 19.1 Å². The maximum absolute atomic E-state index is 12.2. The smallest absolute Gasteiger partial charge is 0.253 e. The van der Waals surface area contributed by atoms with Gasteiger partial charge in [-0.25, -0.2) is 0 Å². The highest BCUT2D eigenvalue weighted by molar-refractivity contribution is 5.95. The molecule has 0 radical (unpaired) electrons. The van der Waals surface area contributed by atoms with Gasteiger partial charge in [0.15, 0.2) is 0 Å². The zero-order valence-electron chi connectivity index (χ0n) is 11.7. The number of carbonyl (C=O) groups is 1. The predicted molar refractivity (Wildman–Crippen MR) is 78.2 cm³/mol. The molecular weight excluding hydrogens is 252 g/mol. The van der Waals surface area contributed by atoms with E-state index in [-0.39, 0.29) is 5.91 Å². The van der Waals surface area contributed by atoms with E-state index in [1.54, 1.807) is 6.07 Å². The summed E-state index contributed by atoms with van der Waals surface area (Å²) >= 11 is 0. The van der Waals surface area contributed by atoms with Crippen molar-refractivity contribution in [3.05, 3.63) is 52.8 Å². The molecule has 0 aliphatic heterocycles. The first-order valence-corrected chi connectivity index (χ1v) is 6.56. The fourth-order valence-electron chi connectivity index (χ4n) is 1.88. The first-order chi connectivity index (χ1) is 9.60. The molecule has 0 aliphatic carbocycles. The number of rotatable bonds is 4. The van der Waals surface area contributed by atoms with Crippen molar-refractivity contribution in [2.24, 2.45) is 0 Å². The molecule has 0 spiro atoms. The van der Waals surface area contributed by atoms with Gasteiger partial charge in [0.05, 0.1) is 17.0 Å². The second kappa shape index (κ2) is 6.14. The molecule has 0 atom stereocenters. The molecule has 1 aromatic heterocycles. The molecule has 1 aromatic carbocycles. The van der Waals surface area contributed by atoms with Crippen molar-refractivity contribution in [1.82, 2.24) is 15.5 Å². The molecule has 2 rings (SSSR count). The lowest BCUT2D eigenvalue weighted by molar-refractivity contribution is 0.0949. The second-order valence-electron chi connectivity index (χ2n) is 4.62. The summed E-state index contributed by atoms with van der Waals surface area (Å²) in [7, 11) is 0. The van der Waals surface area contributed by atoms with Crippen LogP contribution in [-0.2, 0) is 13.0 Å². The molecule has 0 saturated carbocycles. The van der Waals surface area contributed by atoms with Crippen LogP contribution < -0.4 is 11.1 Å². The maximum Gasteiger partial charge on any atom is 0.253 e. The van der Waals surface area contributed by atoms with Gasteiger partial charge in [0, 0.05) is 12.2 Å². The molecule has 1 amide bonds. The monoisotopic (exact) mass is 270 g/mol. The summed E-state index contributed by atoms with van der Waals surface area (Å²) in [6.07, 6.45) is 0.678. The Morgan fingerprint density at radius 2 is 1.95 bits per heavy atom. The molecule has 5 heteroatoms. The maximum atomic E-state index is 12.2. The number of anilines is 1. The summed E-state index contributed by atoms with van der Waals surface area (Å²) < 4.78 is 0. The van der Waals surface area contributed by atoms with Gasteiger partial charge >= 0.3 is 0 Å². The summed E-state index contributed by atoms with van der Waals surface area (Å²) in [6, 6.07) is 9.19. The Hall–Kier alpha value is -2.43. The van der Waals surface area contributed by atoms with E-state index in [9.17, 15) is 4.79 Å². The normalized spacial score (nSPS) is 10.3. The third-order valence-electron chi connectivity index (χ3n) is 3.00. The molecule has 0 fully saturated rings. The van der Waals surface area contributed by atoms with Crippen LogP contribution in [-0.4, -0.2) is 16.1 Å². The van der Waals surface area contributed by atoms with Gasteiger partial charge < -0.3 is 11.1 Å². The van der Waals surface area contributed by atoms with Crippen LogP contribution in [0.15, 0.2) is 30.3 Å². The molecular formula is C15H18N4O. The average molecular weight is 270 g/mol. The quantitative estimate of drug-likeness (QED) is 0.831. The van der Waals surface area contributed by atoms with E-state index < -0.39 is 0 Å². The number of aromatic nitrogens is 2. The Kier molecular flexibility index (Phi) is 4.30. The van der Waals surface area contributed by atoms with E-state index in [0.29, 0.717) is 29.9 Å². The van der Waals surface area contributed by atoms with Crippen LogP contribution in [0.2, 0.25) is 0 Å². The molecule has 0 unspecified atom stereocenters. The minimum Gasteiger partial charge on any atom is -0.399 e. The standard InChI is InChI=1S/C15H18N4O/c1-3-14-13(8-10(2)18-19-14)15(20)17-9-11-4-6-12(16)7-5-11/h4-8H,3,9,16H2,1-2H3,(H,17,20). The molecule has 3 N–H and O–H groups in total. The van der Waals surface area contributed by atoms with Crippen LogP contribution in [0.3, 0.4) is 0 Å². The minimum absolute atomic E-state index is 0.128. The number of amides is 1. The Morgan fingerprint density at radius 3 is 2.60 bits per heavy atom. The molecule has 20 heavy (non-hydrogen) atoms. The molecule has 2 aromatic rings. The van der Waals surface area contributed by atoms with Crippen LogP contribution in [0.1, 0.15) is 34.2 Å². The van der Waals surface area contributed by atoms with E-state index in [1.807, 2.05) is 38.1 Å². The topological polar surface area (TPSA) is 80.9 Å². The van der Waals surface area contributed by atoms with E-state index >= 15 is 0 Å². The summed E-state index contributed by atoms with van der Waals surface area (Å²) in [5.74, 6) is -0.128. The third kappa shape index (κ3) is 3.32. The number of carbonyl (C=O) groups excluding carboxylic acids is 1. The van der Waals surface area contributed by atoms with Gasteiger partial charge in [-0.05, 0) is 37.1 Å². The number of nitrogens with two attached hydrogens (primary N) is 1. The SMILES string of the molecule is CCc1nnc(C)cc1C(=O)NCc1ccc(N)cc1. The molecule has 0 saturated heterocycles. The largest absolute Gasteiger partial charge is 0.399 e. The lowest BCUT2D eigenvalue weighted by Gasteiger charge is -2.09. The van der Waals surface area contributed by atoms with Crippen molar-refractivity contribution in [3.63, 3.8) is 0 Å². The highest BCUT2D eigenvalue weighted by Gasteiger charge is 2.12. The lowest BCUT2D eigenvalue weighted by Crippen LogP contribution is -2.24. The van der Waals surface area contributed by atoms with Crippen LogP contribution in [0.25, 0.3) is 0 Å². The summed E-state index contributed by atoms with van der Waals surface area (Å²) in [5.41, 5.74) is 9.38. The molecule has 0 bridgehead atoms. The molecule has 1 heterocycles. The molecule has 104 valence electrons. The van der Waals surface area contributed by atoms with Gasteiger partial charge in [-0.3, -0.25) is 4.79 Å². The van der Waals surface area contributed by atoms with Crippen LogP contribution in [0.4, 0.5) is 5.69 Å². The fraction of sp³-hybridized carbons (Fsp3) is 0.267. The number of nitrogens with one attached hydrogen (secondary N) is 1. The summed E-state index contributed by atoms with van der Waals surface area (Å²) in [4.78, 5) is 12.2. The highest BCUT2D eigenvalue weighted by atomic mass is 16.1. The van der Waals surface area contributed by atoms with Gasteiger partial charge in [0.25, 0.3) is 5.91 Å². The minimum atomic E-state index is -0.128. The number of benzene rings is 1.